The van der Waals surface area contributed by atoms with Gasteiger partial charge >= 0.3 is 0 Å². The molecule has 0 spiro atoms. The third-order valence-electron chi connectivity index (χ3n) is 1.57. The SMILES string of the molecule is CC(O)Cn1c(N)cccc1=N. The van der Waals surface area contributed by atoms with Gasteiger partial charge in [-0.2, -0.15) is 0 Å². The molecule has 0 aromatic carbocycles. The minimum atomic E-state index is -0.483. The van der Waals surface area contributed by atoms with E-state index in [0.717, 1.165) is 0 Å². The second-order valence-corrected chi connectivity index (χ2v) is 2.80. The van der Waals surface area contributed by atoms with Gasteiger partial charge in [0.25, 0.3) is 0 Å². The fraction of sp³-hybridized carbons (Fsp3) is 0.375. The van der Waals surface area contributed by atoms with Crippen LogP contribution in [0.4, 0.5) is 5.82 Å². The fourth-order valence-corrected chi connectivity index (χ4v) is 1.02. The van der Waals surface area contributed by atoms with Crippen molar-refractivity contribution < 1.29 is 5.11 Å². The van der Waals surface area contributed by atoms with Crippen LogP contribution in [0.2, 0.25) is 0 Å². The maximum absolute atomic E-state index is 9.09. The molecule has 1 aromatic rings. The van der Waals surface area contributed by atoms with Crippen LogP contribution < -0.4 is 11.2 Å². The Bertz CT molecular complexity index is 316. The van der Waals surface area contributed by atoms with E-state index in [0.29, 0.717) is 17.9 Å². The number of pyridine rings is 1. The van der Waals surface area contributed by atoms with E-state index in [1.807, 2.05) is 0 Å². The molecular formula is C8H13N3O. The van der Waals surface area contributed by atoms with Crippen molar-refractivity contribution >= 4 is 5.82 Å². The van der Waals surface area contributed by atoms with Crippen LogP contribution in [0.15, 0.2) is 18.2 Å². The van der Waals surface area contributed by atoms with Crippen molar-refractivity contribution in [2.24, 2.45) is 0 Å². The van der Waals surface area contributed by atoms with Crippen LogP contribution in [-0.2, 0) is 6.54 Å². The van der Waals surface area contributed by atoms with Gasteiger partial charge in [-0.05, 0) is 19.1 Å². The Hall–Kier alpha value is -1.29. The monoisotopic (exact) mass is 167 g/mol. The van der Waals surface area contributed by atoms with Crippen molar-refractivity contribution in [3.63, 3.8) is 0 Å². The summed E-state index contributed by atoms with van der Waals surface area (Å²) in [4.78, 5) is 0. The van der Waals surface area contributed by atoms with Gasteiger partial charge in [0.15, 0.2) is 0 Å². The highest BCUT2D eigenvalue weighted by atomic mass is 16.3. The van der Waals surface area contributed by atoms with Gasteiger partial charge in [-0.1, -0.05) is 6.07 Å². The molecule has 4 nitrogen and oxygen atoms in total. The van der Waals surface area contributed by atoms with Crippen LogP contribution in [0.5, 0.6) is 0 Å². The van der Waals surface area contributed by atoms with Crippen molar-refractivity contribution in [1.82, 2.24) is 4.57 Å². The summed E-state index contributed by atoms with van der Waals surface area (Å²) in [5.41, 5.74) is 5.92. The Balaban J connectivity index is 3.05. The van der Waals surface area contributed by atoms with Gasteiger partial charge < -0.3 is 15.4 Å². The first-order valence-corrected chi connectivity index (χ1v) is 3.79. The predicted molar refractivity (Wildman–Crippen MR) is 46.4 cm³/mol. The second kappa shape index (κ2) is 3.40. The molecule has 1 unspecified atom stereocenters. The van der Waals surface area contributed by atoms with Crippen LogP contribution in [0.25, 0.3) is 0 Å². The zero-order valence-corrected chi connectivity index (χ0v) is 6.99. The smallest absolute Gasteiger partial charge is 0.126 e. The average molecular weight is 167 g/mol. The number of nitrogens with one attached hydrogen (secondary N) is 1. The van der Waals surface area contributed by atoms with E-state index in [9.17, 15) is 0 Å². The second-order valence-electron chi connectivity index (χ2n) is 2.80. The van der Waals surface area contributed by atoms with Crippen LogP contribution >= 0.6 is 0 Å². The Morgan fingerprint density at radius 2 is 2.33 bits per heavy atom. The van der Waals surface area contributed by atoms with Gasteiger partial charge in [-0.15, -0.1) is 0 Å². The van der Waals surface area contributed by atoms with Crippen molar-refractivity contribution in [3.05, 3.63) is 23.7 Å². The summed E-state index contributed by atoms with van der Waals surface area (Å²) >= 11 is 0. The number of nitrogen functional groups attached to an aromatic ring is 1. The topological polar surface area (TPSA) is 75.0 Å². The number of aromatic nitrogens is 1. The minimum absolute atomic E-state index is 0.316. The Morgan fingerprint density at radius 3 is 2.83 bits per heavy atom. The summed E-state index contributed by atoms with van der Waals surface area (Å²) in [6.07, 6.45) is -0.483. The number of hydrogen-bond acceptors (Lipinski definition) is 3. The van der Waals surface area contributed by atoms with Crippen molar-refractivity contribution in [1.29, 1.82) is 5.41 Å². The summed E-state index contributed by atoms with van der Waals surface area (Å²) in [5, 5.41) is 16.6. The number of nitrogens with zero attached hydrogens (tertiary/aromatic N) is 1. The lowest BCUT2D eigenvalue weighted by Crippen LogP contribution is -2.26. The number of aliphatic hydroxyl groups is 1. The molecule has 0 fully saturated rings. The number of hydrogen-bond donors (Lipinski definition) is 3. The van der Waals surface area contributed by atoms with E-state index >= 15 is 0 Å². The molecule has 0 aliphatic rings. The Kier molecular flexibility index (Phi) is 2.50. The molecule has 1 heterocycles. The van der Waals surface area contributed by atoms with E-state index in [1.54, 1.807) is 29.7 Å². The summed E-state index contributed by atoms with van der Waals surface area (Å²) in [6.45, 7) is 2.03. The summed E-state index contributed by atoms with van der Waals surface area (Å²) < 4.78 is 1.56. The highest BCUT2D eigenvalue weighted by Gasteiger charge is 2.00. The number of anilines is 1. The van der Waals surface area contributed by atoms with E-state index in [1.165, 1.54) is 0 Å². The molecule has 1 atom stereocenters. The van der Waals surface area contributed by atoms with Crippen LogP contribution in [0.1, 0.15) is 6.92 Å². The summed E-state index contributed by atoms with van der Waals surface area (Å²) in [7, 11) is 0. The van der Waals surface area contributed by atoms with Crippen LogP contribution in [-0.4, -0.2) is 15.8 Å². The molecule has 0 bridgehead atoms. The lowest BCUT2D eigenvalue weighted by Gasteiger charge is -2.11. The molecule has 4 N–H and O–H groups in total. The molecule has 12 heavy (non-hydrogen) atoms. The molecule has 1 rings (SSSR count). The number of rotatable bonds is 2. The Labute approximate surface area is 70.8 Å². The largest absolute Gasteiger partial charge is 0.392 e. The highest BCUT2D eigenvalue weighted by Crippen LogP contribution is 1.98. The lowest BCUT2D eigenvalue weighted by atomic mass is 10.3. The third-order valence-corrected chi connectivity index (χ3v) is 1.57. The molecule has 0 aliphatic heterocycles. The highest BCUT2D eigenvalue weighted by molar-refractivity contribution is 5.27. The molecule has 1 aromatic heterocycles. The van der Waals surface area contributed by atoms with Gasteiger partial charge in [-0.25, -0.2) is 0 Å². The van der Waals surface area contributed by atoms with E-state index in [2.05, 4.69) is 0 Å². The minimum Gasteiger partial charge on any atom is -0.392 e. The molecular weight excluding hydrogens is 154 g/mol. The van der Waals surface area contributed by atoms with Gasteiger partial charge in [0.2, 0.25) is 0 Å². The van der Waals surface area contributed by atoms with Crippen molar-refractivity contribution in [2.45, 2.75) is 19.6 Å². The zero-order valence-electron chi connectivity index (χ0n) is 6.99. The zero-order chi connectivity index (χ0) is 9.14. The number of aliphatic hydroxyl groups excluding tert-OH is 1. The molecule has 0 aliphatic carbocycles. The van der Waals surface area contributed by atoms with E-state index in [4.69, 9.17) is 16.2 Å². The molecule has 4 heteroatoms. The summed E-state index contributed by atoms with van der Waals surface area (Å²) in [6, 6.07) is 5.06. The molecule has 0 amide bonds. The van der Waals surface area contributed by atoms with Gasteiger partial charge in [0.1, 0.15) is 11.3 Å². The summed E-state index contributed by atoms with van der Waals surface area (Å²) in [5.74, 6) is 0.503. The first kappa shape index (κ1) is 8.80. The maximum atomic E-state index is 9.09. The fourth-order valence-electron chi connectivity index (χ4n) is 1.02. The van der Waals surface area contributed by atoms with Gasteiger partial charge in [0, 0.05) is 0 Å². The Morgan fingerprint density at radius 1 is 1.67 bits per heavy atom. The van der Waals surface area contributed by atoms with E-state index < -0.39 is 6.10 Å². The maximum Gasteiger partial charge on any atom is 0.126 e. The van der Waals surface area contributed by atoms with Crippen molar-refractivity contribution in [2.75, 3.05) is 5.73 Å². The van der Waals surface area contributed by atoms with Gasteiger partial charge in [-0.3, -0.25) is 5.41 Å². The quantitative estimate of drug-likeness (QED) is 0.576. The van der Waals surface area contributed by atoms with Crippen LogP contribution in [0, 0.1) is 5.41 Å². The van der Waals surface area contributed by atoms with Crippen LogP contribution in [0.3, 0.4) is 0 Å². The normalized spacial score (nSPS) is 12.8. The first-order valence-electron chi connectivity index (χ1n) is 3.79. The standard InChI is InChI=1S/C8H13N3O/c1-6(12)5-11-7(9)3-2-4-8(11)10/h2-4,6,9,12H,5,10H2,1H3. The predicted octanol–water partition coefficient (Wildman–Crippen LogP) is -0.0694. The van der Waals surface area contributed by atoms with Crippen molar-refractivity contribution in [3.8, 4) is 0 Å². The lowest BCUT2D eigenvalue weighted by molar-refractivity contribution is 0.172. The molecule has 0 saturated carbocycles. The molecule has 66 valence electrons. The number of nitrogens with two attached hydrogens (primary N) is 1. The van der Waals surface area contributed by atoms with E-state index in [-0.39, 0.29) is 0 Å². The third kappa shape index (κ3) is 1.85. The average Bonchev–Trinajstić information content (AvgIpc) is 1.97. The van der Waals surface area contributed by atoms with Gasteiger partial charge in [0.05, 0.1) is 12.6 Å². The molecule has 0 radical (unpaired) electrons. The first-order chi connectivity index (χ1) is 5.61. The molecule has 0 saturated heterocycles.